The highest BCUT2D eigenvalue weighted by Gasteiger charge is 2.24. The predicted molar refractivity (Wildman–Crippen MR) is 81.5 cm³/mol. The summed E-state index contributed by atoms with van der Waals surface area (Å²) in [5.41, 5.74) is 3.06. The van der Waals surface area contributed by atoms with E-state index in [1.165, 1.54) is 0 Å². The first-order chi connectivity index (χ1) is 9.97. The van der Waals surface area contributed by atoms with Gasteiger partial charge in [-0.25, -0.2) is 4.79 Å². The van der Waals surface area contributed by atoms with Crippen LogP contribution < -0.4 is 5.32 Å². The molecule has 5 heteroatoms. The summed E-state index contributed by atoms with van der Waals surface area (Å²) in [5.74, 6) is -0.569. The van der Waals surface area contributed by atoms with Gasteiger partial charge in [-0.05, 0) is 49.8 Å². The molecule has 1 heterocycles. The van der Waals surface area contributed by atoms with Crippen molar-refractivity contribution >= 4 is 17.7 Å². The summed E-state index contributed by atoms with van der Waals surface area (Å²) in [6.07, 6.45) is 1.71. The lowest BCUT2D eigenvalue weighted by Gasteiger charge is -2.31. The zero-order valence-corrected chi connectivity index (χ0v) is 12.6. The first-order valence-electron chi connectivity index (χ1n) is 7.31. The first-order valence-corrected chi connectivity index (χ1v) is 7.31. The fourth-order valence-electron chi connectivity index (χ4n) is 2.67. The molecule has 114 valence electrons. The smallest absolute Gasteiger partial charge is 0.321 e. The quantitative estimate of drug-likeness (QED) is 0.899. The molecule has 1 aromatic carbocycles. The second kappa shape index (κ2) is 6.61. The van der Waals surface area contributed by atoms with Gasteiger partial charge in [-0.1, -0.05) is 12.1 Å². The maximum Gasteiger partial charge on any atom is 0.321 e. The second-order valence-corrected chi connectivity index (χ2v) is 5.71. The molecule has 0 atom stereocenters. The lowest BCUT2D eigenvalue weighted by molar-refractivity contribution is -0.138. The van der Waals surface area contributed by atoms with Crippen LogP contribution in [0.4, 0.5) is 10.5 Å². The maximum atomic E-state index is 12.3. The number of anilines is 1. The van der Waals surface area contributed by atoms with Crippen LogP contribution in [0.25, 0.3) is 0 Å². The number of carbonyl (C=O) groups excluding carboxylic acids is 1. The summed E-state index contributed by atoms with van der Waals surface area (Å²) in [7, 11) is 0. The fraction of sp³-hybridized carbons (Fsp3) is 0.500. The van der Waals surface area contributed by atoms with Crippen molar-refractivity contribution in [1.82, 2.24) is 4.90 Å². The molecule has 1 saturated heterocycles. The normalized spacial score (nSPS) is 15.8. The zero-order chi connectivity index (χ0) is 15.4. The van der Waals surface area contributed by atoms with Crippen LogP contribution >= 0.6 is 0 Å². The summed E-state index contributed by atoms with van der Waals surface area (Å²) in [5, 5.41) is 11.7. The van der Waals surface area contributed by atoms with E-state index >= 15 is 0 Å². The average molecular weight is 290 g/mol. The van der Waals surface area contributed by atoms with E-state index in [0.29, 0.717) is 13.1 Å². The number of carboxylic acids is 1. The highest BCUT2D eigenvalue weighted by Crippen LogP contribution is 2.22. The third kappa shape index (κ3) is 3.97. The number of amides is 2. The number of hydrogen-bond donors (Lipinski definition) is 2. The summed E-state index contributed by atoms with van der Waals surface area (Å²) < 4.78 is 0. The third-order valence-corrected chi connectivity index (χ3v) is 4.21. The van der Waals surface area contributed by atoms with Crippen molar-refractivity contribution in [1.29, 1.82) is 0 Å². The maximum absolute atomic E-state index is 12.3. The van der Waals surface area contributed by atoms with Crippen molar-refractivity contribution in [3.63, 3.8) is 0 Å². The average Bonchev–Trinajstić information content (AvgIpc) is 2.44. The van der Waals surface area contributed by atoms with Crippen molar-refractivity contribution in [3.8, 4) is 0 Å². The zero-order valence-electron chi connectivity index (χ0n) is 12.6. The molecule has 2 N–H and O–H groups in total. The Bertz CT molecular complexity index is 534. The van der Waals surface area contributed by atoms with Gasteiger partial charge in [0.15, 0.2) is 0 Å². The Kier molecular flexibility index (Phi) is 4.83. The molecule has 1 aliphatic rings. The number of hydrogen-bond acceptors (Lipinski definition) is 2. The Morgan fingerprint density at radius 3 is 2.57 bits per heavy atom. The summed E-state index contributed by atoms with van der Waals surface area (Å²) in [4.78, 5) is 24.7. The topological polar surface area (TPSA) is 69.6 Å². The molecule has 0 aliphatic carbocycles. The number of aryl methyl sites for hydroxylation is 1. The van der Waals surface area contributed by atoms with Crippen LogP contribution in [0.3, 0.4) is 0 Å². The number of nitrogens with zero attached hydrogens (tertiary/aromatic N) is 1. The minimum atomic E-state index is -0.756. The molecule has 21 heavy (non-hydrogen) atoms. The van der Waals surface area contributed by atoms with Crippen molar-refractivity contribution in [3.05, 3.63) is 29.3 Å². The fourth-order valence-corrected chi connectivity index (χ4v) is 2.67. The lowest BCUT2D eigenvalue weighted by atomic mass is 9.94. The standard InChI is InChI=1S/C16H22N2O3/c1-11-4-3-5-14(12(11)2)17-16(21)18-8-6-13(7-9-18)10-15(19)20/h3-5,13H,6-10H2,1-2H3,(H,17,21)(H,19,20). The van der Waals surface area contributed by atoms with Crippen LogP contribution in [0, 0.1) is 19.8 Å². The number of likely N-dealkylation sites (tertiary alicyclic amines) is 1. The van der Waals surface area contributed by atoms with Gasteiger partial charge in [-0.3, -0.25) is 4.79 Å². The first kappa shape index (κ1) is 15.4. The van der Waals surface area contributed by atoms with Crippen molar-refractivity contribution in [2.24, 2.45) is 5.92 Å². The monoisotopic (exact) mass is 290 g/mol. The van der Waals surface area contributed by atoms with E-state index in [1.54, 1.807) is 4.90 Å². The van der Waals surface area contributed by atoms with Crippen LogP contribution in [-0.4, -0.2) is 35.1 Å². The Balaban J connectivity index is 1.90. The van der Waals surface area contributed by atoms with Gasteiger partial charge in [0.05, 0.1) is 0 Å². The Morgan fingerprint density at radius 2 is 1.95 bits per heavy atom. The third-order valence-electron chi connectivity index (χ3n) is 4.21. The van der Waals surface area contributed by atoms with E-state index < -0.39 is 5.97 Å². The molecule has 0 aromatic heterocycles. The van der Waals surface area contributed by atoms with Gasteiger partial charge in [0.1, 0.15) is 0 Å². The van der Waals surface area contributed by atoms with Gasteiger partial charge in [0.2, 0.25) is 0 Å². The van der Waals surface area contributed by atoms with Crippen LogP contribution in [-0.2, 0) is 4.79 Å². The highest BCUT2D eigenvalue weighted by atomic mass is 16.4. The minimum absolute atomic E-state index is 0.0996. The van der Waals surface area contributed by atoms with Crippen LogP contribution in [0.2, 0.25) is 0 Å². The molecule has 2 rings (SSSR count). The van der Waals surface area contributed by atoms with Gasteiger partial charge >= 0.3 is 12.0 Å². The molecule has 0 spiro atoms. The number of carbonyl (C=O) groups is 2. The largest absolute Gasteiger partial charge is 0.481 e. The molecule has 1 fully saturated rings. The number of piperidine rings is 1. The number of nitrogens with one attached hydrogen (secondary N) is 1. The molecule has 0 radical (unpaired) electrons. The van der Waals surface area contributed by atoms with Gasteiger partial charge in [-0.15, -0.1) is 0 Å². The van der Waals surface area contributed by atoms with Gasteiger partial charge in [-0.2, -0.15) is 0 Å². The molecule has 0 bridgehead atoms. The van der Waals surface area contributed by atoms with Gasteiger partial charge in [0, 0.05) is 25.2 Å². The molecule has 1 aliphatic heterocycles. The number of carboxylic acid groups (broad SMARTS) is 1. The van der Waals surface area contributed by atoms with Crippen LogP contribution in [0.1, 0.15) is 30.4 Å². The van der Waals surface area contributed by atoms with E-state index in [4.69, 9.17) is 5.11 Å². The molecule has 0 unspecified atom stereocenters. The minimum Gasteiger partial charge on any atom is -0.481 e. The molecule has 1 aromatic rings. The Morgan fingerprint density at radius 1 is 1.29 bits per heavy atom. The van der Waals surface area contributed by atoms with Gasteiger partial charge in [0.25, 0.3) is 0 Å². The summed E-state index contributed by atoms with van der Waals surface area (Å²) in [6.45, 7) is 5.25. The van der Waals surface area contributed by atoms with E-state index in [1.807, 2.05) is 32.0 Å². The van der Waals surface area contributed by atoms with Crippen LogP contribution in [0.15, 0.2) is 18.2 Å². The molecular formula is C16H22N2O3. The number of aliphatic carboxylic acids is 1. The van der Waals surface area contributed by atoms with Crippen LogP contribution in [0.5, 0.6) is 0 Å². The molecule has 5 nitrogen and oxygen atoms in total. The number of rotatable bonds is 3. The SMILES string of the molecule is Cc1cccc(NC(=O)N2CCC(CC(=O)O)CC2)c1C. The Hall–Kier alpha value is -2.04. The van der Waals surface area contributed by atoms with E-state index in [2.05, 4.69) is 5.32 Å². The van der Waals surface area contributed by atoms with E-state index in [0.717, 1.165) is 29.7 Å². The lowest BCUT2D eigenvalue weighted by Crippen LogP contribution is -2.41. The number of benzene rings is 1. The Labute approximate surface area is 125 Å². The number of urea groups is 1. The second-order valence-electron chi connectivity index (χ2n) is 5.71. The molecular weight excluding hydrogens is 268 g/mol. The summed E-state index contributed by atoms with van der Waals surface area (Å²) >= 11 is 0. The summed E-state index contributed by atoms with van der Waals surface area (Å²) in [6, 6.07) is 5.74. The van der Waals surface area contributed by atoms with Gasteiger partial charge < -0.3 is 15.3 Å². The van der Waals surface area contributed by atoms with Crippen molar-refractivity contribution in [2.45, 2.75) is 33.1 Å². The van der Waals surface area contributed by atoms with Crippen molar-refractivity contribution < 1.29 is 14.7 Å². The highest BCUT2D eigenvalue weighted by molar-refractivity contribution is 5.90. The van der Waals surface area contributed by atoms with E-state index in [-0.39, 0.29) is 18.4 Å². The molecule has 0 saturated carbocycles. The van der Waals surface area contributed by atoms with Crippen molar-refractivity contribution in [2.75, 3.05) is 18.4 Å². The molecule has 2 amide bonds. The van der Waals surface area contributed by atoms with E-state index in [9.17, 15) is 9.59 Å². The predicted octanol–water partition coefficient (Wildman–Crippen LogP) is 3.02.